The fraction of sp³-hybridized carbons (Fsp3) is 0.364. The van der Waals surface area contributed by atoms with Crippen LogP contribution in [-0.4, -0.2) is 5.91 Å². The van der Waals surface area contributed by atoms with Crippen LogP contribution < -0.4 is 5.32 Å². The topological polar surface area (TPSA) is 29.1 Å². The predicted octanol–water partition coefficient (Wildman–Crippen LogP) is 2.64. The first-order valence-electron chi connectivity index (χ1n) is 4.86. The number of fused-ring (bicyclic) bond motifs is 1. The molecule has 1 aromatic rings. The van der Waals surface area contributed by atoms with Crippen LogP contribution >= 0.6 is 15.9 Å². The normalized spacial score (nSPS) is 24.6. The predicted molar refractivity (Wildman–Crippen MR) is 57.1 cm³/mol. The van der Waals surface area contributed by atoms with Gasteiger partial charge in [0.2, 0.25) is 0 Å². The van der Waals surface area contributed by atoms with Crippen LogP contribution in [0, 0.1) is 5.92 Å². The van der Waals surface area contributed by atoms with Crippen LogP contribution in [0.4, 0.5) is 0 Å². The van der Waals surface area contributed by atoms with Crippen molar-refractivity contribution in [3.05, 3.63) is 33.8 Å². The maximum atomic E-state index is 11.7. The molecule has 0 bridgehead atoms. The molecule has 1 heterocycles. The number of carbonyl (C=O) groups excluding carboxylic acids is 1. The third-order valence-corrected chi connectivity index (χ3v) is 3.65. The van der Waals surface area contributed by atoms with Crippen molar-refractivity contribution in [3.63, 3.8) is 0 Å². The van der Waals surface area contributed by atoms with E-state index in [1.54, 1.807) is 0 Å². The van der Waals surface area contributed by atoms with Gasteiger partial charge >= 0.3 is 0 Å². The molecule has 1 saturated carbocycles. The fourth-order valence-electron chi connectivity index (χ4n) is 2.13. The molecular formula is C11H10BrNO. The van der Waals surface area contributed by atoms with Gasteiger partial charge in [0.1, 0.15) is 0 Å². The van der Waals surface area contributed by atoms with Gasteiger partial charge in [-0.3, -0.25) is 4.79 Å². The highest BCUT2D eigenvalue weighted by atomic mass is 79.9. The summed E-state index contributed by atoms with van der Waals surface area (Å²) in [6.07, 6.45) is 2.49. The van der Waals surface area contributed by atoms with Gasteiger partial charge in [0, 0.05) is 4.47 Å². The van der Waals surface area contributed by atoms with Crippen molar-refractivity contribution >= 4 is 21.8 Å². The second-order valence-electron chi connectivity index (χ2n) is 3.99. The molecule has 3 rings (SSSR count). The van der Waals surface area contributed by atoms with Crippen molar-refractivity contribution in [2.75, 3.05) is 0 Å². The quantitative estimate of drug-likeness (QED) is 0.817. The van der Waals surface area contributed by atoms with Crippen molar-refractivity contribution in [2.45, 2.75) is 18.9 Å². The Hall–Kier alpha value is -0.830. The summed E-state index contributed by atoms with van der Waals surface area (Å²) in [7, 11) is 0. The largest absolute Gasteiger partial charge is 0.345 e. The number of amides is 1. The van der Waals surface area contributed by atoms with Crippen LogP contribution in [0.1, 0.15) is 34.8 Å². The molecule has 1 aliphatic heterocycles. The average molecular weight is 252 g/mol. The van der Waals surface area contributed by atoms with Crippen LogP contribution in [0.3, 0.4) is 0 Å². The summed E-state index contributed by atoms with van der Waals surface area (Å²) in [5.74, 6) is 0.749. The van der Waals surface area contributed by atoms with E-state index in [1.165, 1.54) is 18.4 Å². The van der Waals surface area contributed by atoms with Crippen LogP contribution in [-0.2, 0) is 0 Å². The minimum atomic E-state index is 0.0735. The highest BCUT2D eigenvalue weighted by Gasteiger charge is 2.40. The van der Waals surface area contributed by atoms with Gasteiger partial charge < -0.3 is 5.32 Å². The van der Waals surface area contributed by atoms with Gasteiger partial charge in [-0.25, -0.2) is 0 Å². The average Bonchev–Trinajstić information content (AvgIpc) is 2.93. The van der Waals surface area contributed by atoms with Gasteiger partial charge in [-0.1, -0.05) is 12.1 Å². The van der Waals surface area contributed by atoms with E-state index < -0.39 is 0 Å². The third kappa shape index (κ3) is 1.12. The Kier molecular flexibility index (Phi) is 1.71. The lowest BCUT2D eigenvalue weighted by atomic mass is 10.0. The van der Waals surface area contributed by atoms with Gasteiger partial charge in [-0.2, -0.15) is 0 Å². The molecule has 0 aromatic heterocycles. The van der Waals surface area contributed by atoms with Crippen molar-refractivity contribution in [2.24, 2.45) is 5.92 Å². The summed E-state index contributed by atoms with van der Waals surface area (Å²) >= 11 is 3.42. The van der Waals surface area contributed by atoms with E-state index in [0.717, 1.165) is 10.0 Å². The van der Waals surface area contributed by atoms with Gasteiger partial charge in [-0.05, 0) is 46.3 Å². The lowest BCUT2D eigenvalue weighted by Crippen LogP contribution is -2.20. The Bertz CT molecular complexity index is 412. The first kappa shape index (κ1) is 8.48. The monoisotopic (exact) mass is 251 g/mol. The smallest absolute Gasteiger partial charge is 0.253 e. The zero-order valence-electron chi connectivity index (χ0n) is 7.59. The number of carbonyl (C=O) groups is 1. The van der Waals surface area contributed by atoms with Gasteiger partial charge in [0.05, 0.1) is 11.6 Å². The SMILES string of the molecule is O=C1NC(C2CC2)c2cccc(Br)c21. The Morgan fingerprint density at radius 2 is 2.14 bits per heavy atom. The molecule has 1 aliphatic carbocycles. The summed E-state index contributed by atoms with van der Waals surface area (Å²) in [6, 6.07) is 6.25. The molecule has 1 fully saturated rings. The summed E-state index contributed by atoms with van der Waals surface area (Å²) in [6.45, 7) is 0. The Balaban J connectivity index is 2.13. The number of hydrogen-bond donors (Lipinski definition) is 1. The van der Waals surface area contributed by atoms with Crippen LogP contribution in [0.2, 0.25) is 0 Å². The number of benzene rings is 1. The molecule has 1 aromatic carbocycles. The maximum Gasteiger partial charge on any atom is 0.253 e. The zero-order valence-corrected chi connectivity index (χ0v) is 9.17. The fourth-order valence-corrected chi connectivity index (χ4v) is 2.69. The van der Waals surface area contributed by atoms with Crippen molar-refractivity contribution in [1.82, 2.24) is 5.32 Å². The van der Waals surface area contributed by atoms with Crippen LogP contribution in [0.25, 0.3) is 0 Å². The molecule has 1 atom stereocenters. The lowest BCUT2D eigenvalue weighted by molar-refractivity contribution is 0.0952. The molecular weight excluding hydrogens is 242 g/mol. The second kappa shape index (κ2) is 2.83. The van der Waals surface area contributed by atoms with E-state index in [9.17, 15) is 4.79 Å². The van der Waals surface area contributed by atoms with Gasteiger partial charge in [0.25, 0.3) is 5.91 Å². The summed E-state index contributed by atoms with van der Waals surface area (Å²) in [5.41, 5.74) is 2.01. The molecule has 2 nitrogen and oxygen atoms in total. The van der Waals surface area contributed by atoms with Crippen LogP contribution in [0.5, 0.6) is 0 Å². The van der Waals surface area contributed by atoms with E-state index in [1.807, 2.05) is 12.1 Å². The minimum Gasteiger partial charge on any atom is -0.345 e. The Labute approximate surface area is 90.8 Å². The molecule has 3 heteroatoms. The minimum absolute atomic E-state index is 0.0735. The van der Waals surface area contributed by atoms with Crippen molar-refractivity contribution < 1.29 is 4.79 Å². The van der Waals surface area contributed by atoms with E-state index in [-0.39, 0.29) is 11.9 Å². The van der Waals surface area contributed by atoms with Gasteiger partial charge in [-0.15, -0.1) is 0 Å². The lowest BCUT2D eigenvalue weighted by Gasteiger charge is -2.09. The summed E-state index contributed by atoms with van der Waals surface area (Å²) in [5, 5.41) is 3.05. The molecule has 1 N–H and O–H groups in total. The molecule has 0 saturated heterocycles. The molecule has 14 heavy (non-hydrogen) atoms. The van der Waals surface area contributed by atoms with E-state index >= 15 is 0 Å². The molecule has 2 aliphatic rings. The Morgan fingerprint density at radius 1 is 1.36 bits per heavy atom. The number of hydrogen-bond acceptors (Lipinski definition) is 1. The highest BCUT2D eigenvalue weighted by molar-refractivity contribution is 9.10. The second-order valence-corrected chi connectivity index (χ2v) is 4.85. The first-order chi connectivity index (χ1) is 6.77. The number of nitrogens with one attached hydrogen (secondary N) is 1. The Morgan fingerprint density at radius 3 is 2.86 bits per heavy atom. The van der Waals surface area contributed by atoms with Crippen molar-refractivity contribution in [3.8, 4) is 0 Å². The van der Waals surface area contributed by atoms with E-state index in [0.29, 0.717) is 5.92 Å². The molecule has 1 amide bonds. The molecule has 0 spiro atoms. The first-order valence-corrected chi connectivity index (χ1v) is 5.66. The highest BCUT2D eigenvalue weighted by Crippen LogP contribution is 2.45. The zero-order chi connectivity index (χ0) is 9.71. The van der Waals surface area contributed by atoms with E-state index in [4.69, 9.17) is 0 Å². The molecule has 0 radical (unpaired) electrons. The number of halogens is 1. The summed E-state index contributed by atoms with van der Waals surface area (Å²) in [4.78, 5) is 11.7. The van der Waals surface area contributed by atoms with Crippen molar-refractivity contribution in [1.29, 1.82) is 0 Å². The maximum absolute atomic E-state index is 11.7. The summed E-state index contributed by atoms with van der Waals surface area (Å²) < 4.78 is 0.913. The van der Waals surface area contributed by atoms with Gasteiger partial charge in [0.15, 0.2) is 0 Å². The standard InChI is InChI=1S/C11H10BrNO/c12-8-3-1-2-7-9(8)11(14)13-10(7)6-4-5-6/h1-3,6,10H,4-5H2,(H,13,14). The molecule has 72 valence electrons. The van der Waals surface area contributed by atoms with E-state index in [2.05, 4.69) is 27.3 Å². The third-order valence-electron chi connectivity index (χ3n) is 2.99. The number of rotatable bonds is 1. The molecule has 1 unspecified atom stereocenters. The van der Waals surface area contributed by atoms with Crippen LogP contribution in [0.15, 0.2) is 22.7 Å².